The van der Waals surface area contributed by atoms with Gasteiger partial charge in [0.2, 0.25) is 10.0 Å². The number of hydrogen-bond donors (Lipinski definition) is 1. The third-order valence-corrected chi connectivity index (χ3v) is 6.08. The van der Waals surface area contributed by atoms with Gasteiger partial charge in [-0.25, -0.2) is 17.8 Å². The molecule has 0 spiro atoms. The molecular weight excluding hydrogens is 355 g/mol. The normalized spacial score (nSPS) is 18.2. The maximum absolute atomic E-state index is 13.5. The predicted molar refractivity (Wildman–Crippen MR) is 97.9 cm³/mol. The van der Waals surface area contributed by atoms with Crippen LogP contribution in [0.15, 0.2) is 36.4 Å². The van der Waals surface area contributed by atoms with E-state index >= 15 is 0 Å². The Morgan fingerprint density at radius 1 is 1.23 bits per heavy atom. The molecule has 0 unspecified atom stereocenters. The average Bonchev–Trinajstić information content (AvgIpc) is 2.54. The summed E-state index contributed by atoms with van der Waals surface area (Å²) in [4.78, 5) is 6.61. The molecule has 1 fully saturated rings. The van der Waals surface area contributed by atoms with Crippen molar-refractivity contribution in [1.29, 1.82) is 0 Å². The molecule has 2 aliphatic rings. The highest BCUT2D eigenvalue weighted by atomic mass is 32.2. The molecule has 136 valence electrons. The van der Waals surface area contributed by atoms with Gasteiger partial charge in [-0.05, 0) is 18.2 Å². The lowest BCUT2D eigenvalue weighted by molar-refractivity contribution is 0.146. The van der Waals surface area contributed by atoms with Gasteiger partial charge in [0, 0.05) is 30.4 Å². The lowest BCUT2D eigenvalue weighted by Gasteiger charge is -2.45. The fraction of sp³-hybridized carbons (Fsp3) is 0.278. The smallest absolute Gasteiger partial charge is 0.211 e. The van der Waals surface area contributed by atoms with Crippen LogP contribution >= 0.6 is 0 Å². The quantitative estimate of drug-likeness (QED) is 0.795. The Bertz CT molecular complexity index is 1090. The Morgan fingerprint density at radius 2 is 2.00 bits per heavy atom. The molecule has 2 N–H and O–H groups in total. The van der Waals surface area contributed by atoms with E-state index in [1.54, 1.807) is 12.1 Å². The molecule has 0 aliphatic carbocycles. The van der Waals surface area contributed by atoms with E-state index in [0.29, 0.717) is 42.1 Å². The van der Waals surface area contributed by atoms with Gasteiger partial charge in [-0.15, -0.1) is 0 Å². The van der Waals surface area contributed by atoms with Gasteiger partial charge in [0.25, 0.3) is 0 Å². The summed E-state index contributed by atoms with van der Waals surface area (Å²) in [5.41, 5.74) is 7.68. The lowest BCUT2D eigenvalue weighted by Crippen LogP contribution is -2.62. The standard InChI is InChI=1S/C18H19FN4O2S/c1-26(24,25)22-10-15(11-22)23-8-7-12-5-6-16(21-17(12)18(23)20)13-3-2-4-14(19)9-13/h2-7,9,15H,8,10-11,20H2,1H3. The zero-order valence-corrected chi connectivity index (χ0v) is 15.1. The third-order valence-electron chi connectivity index (χ3n) is 4.85. The zero-order chi connectivity index (χ0) is 18.5. The van der Waals surface area contributed by atoms with E-state index < -0.39 is 10.0 Å². The van der Waals surface area contributed by atoms with Gasteiger partial charge >= 0.3 is 0 Å². The van der Waals surface area contributed by atoms with Gasteiger partial charge < -0.3 is 10.6 Å². The summed E-state index contributed by atoms with van der Waals surface area (Å²) in [6, 6.07) is 10.1. The SMILES string of the molecule is CS(=O)(=O)N1CC(N2CC=c3ccc(-c4cccc(F)c4)nc3=C2N)C1. The number of sulfonamides is 1. The second-order valence-electron chi connectivity index (χ2n) is 6.62. The Kier molecular flexibility index (Phi) is 3.96. The van der Waals surface area contributed by atoms with Crippen molar-refractivity contribution in [1.82, 2.24) is 14.2 Å². The van der Waals surface area contributed by atoms with Crippen LogP contribution in [0.2, 0.25) is 0 Å². The van der Waals surface area contributed by atoms with Gasteiger partial charge in [-0.1, -0.05) is 24.3 Å². The molecule has 4 rings (SSSR count). The summed E-state index contributed by atoms with van der Waals surface area (Å²) in [7, 11) is -3.17. The van der Waals surface area contributed by atoms with Gasteiger partial charge in [-0.3, -0.25) is 0 Å². The first-order valence-corrected chi connectivity index (χ1v) is 10.1. The van der Waals surface area contributed by atoms with Crippen LogP contribution in [-0.2, 0) is 10.0 Å². The summed E-state index contributed by atoms with van der Waals surface area (Å²) < 4.78 is 38.1. The van der Waals surface area contributed by atoms with E-state index in [4.69, 9.17) is 5.73 Å². The third kappa shape index (κ3) is 2.95. The number of halogens is 1. The summed E-state index contributed by atoms with van der Waals surface area (Å²) >= 11 is 0. The molecule has 1 aromatic carbocycles. The maximum Gasteiger partial charge on any atom is 0.211 e. The molecule has 2 aliphatic heterocycles. The first-order chi connectivity index (χ1) is 12.3. The topological polar surface area (TPSA) is 79.5 Å². The van der Waals surface area contributed by atoms with Crippen molar-refractivity contribution in [2.75, 3.05) is 25.9 Å². The Hall–Kier alpha value is -2.45. The van der Waals surface area contributed by atoms with Gasteiger partial charge in [-0.2, -0.15) is 4.31 Å². The molecular formula is C18H19FN4O2S. The van der Waals surface area contributed by atoms with Gasteiger partial charge in [0.15, 0.2) is 0 Å². The fourth-order valence-electron chi connectivity index (χ4n) is 3.31. The summed E-state index contributed by atoms with van der Waals surface area (Å²) in [5, 5.41) is 1.58. The number of hydrogen-bond acceptors (Lipinski definition) is 5. The zero-order valence-electron chi connectivity index (χ0n) is 14.3. The van der Waals surface area contributed by atoms with Crippen LogP contribution < -0.4 is 16.3 Å². The van der Waals surface area contributed by atoms with Crippen molar-refractivity contribution in [2.24, 2.45) is 5.73 Å². The summed E-state index contributed by atoms with van der Waals surface area (Å²) in [6.07, 6.45) is 3.23. The van der Waals surface area contributed by atoms with E-state index in [-0.39, 0.29) is 11.9 Å². The predicted octanol–water partition coefficient (Wildman–Crippen LogP) is -0.348. The molecule has 2 aromatic rings. The second-order valence-corrected chi connectivity index (χ2v) is 8.60. The van der Waals surface area contributed by atoms with E-state index in [9.17, 15) is 12.8 Å². The highest BCUT2D eigenvalue weighted by Crippen LogP contribution is 2.21. The molecule has 0 radical (unpaired) electrons. The molecule has 1 aromatic heterocycles. The van der Waals surface area contributed by atoms with Crippen LogP contribution in [-0.4, -0.2) is 54.5 Å². The molecule has 0 amide bonds. The molecule has 3 heterocycles. The Morgan fingerprint density at radius 3 is 2.69 bits per heavy atom. The van der Waals surface area contributed by atoms with Crippen LogP contribution in [0.4, 0.5) is 4.39 Å². The van der Waals surface area contributed by atoms with E-state index in [1.165, 1.54) is 22.7 Å². The van der Waals surface area contributed by atoms with Crippen molar-refractivity contribution in [3.05, 3.63) is 52.8 Å². The average molecular weight is 374 g/mol. The van der Waals surface area contributed by atoms with Crippen molar-refractivity contribution in [3.63, 3.8) is 0 Å². The first-order valence-electron chi connectivity index (χ1n) is 8.27. The van der Waals surface area contributed by atoms with E-state index in [0.717, 1.165) is 5.22 Å². The van der Waals surface area contributed by atoms with Crippen LogP contribution in [0.25, 0.3) is 23.2 Å². The van der Waals surface area contributed by atoms with Crippen LogP contribution in [0.3, 0.4) is 0 Å². The first kappa shape index (κ1) is 17.0. The number of benzene rings is 1. The summed E-state index contributed by atoms with van der Waals surface area (Å²) in [5.74, 6) is 0.210. The molecule has 26 heavy (non-hydrogen) atoms. The van der Waals surface area contributed by atoms with Crippen LogP contribution in [0.5, 0.6) is 0 Å². The molecule has 8 heteroatoms. The van der Waals surface area contributed by atoms with Crippen molar-refractivity contribution >= 4 is 21.9 Å². The van der Waals surface area contributed by atoms with E-state index in [1.807, 2.05) is 23.1 Å². The summed E-state index contributed by atoms with van der Waals surface area (Å²) in [6.45, 7) is 1.46. The molecule has 0 bridgehead atoms. The van der Waals surface area contributed by atoms with Crippen LogP contribution in [0, 0.1) is 5.82 Å². The minimum Gasteiger partial charge on any atom is -0.384 e. The second kappa shape index (κ2) is 6.07. The fourth-order valence-corrected chi connectivity index (χ4v) is 4.20. The minimum atomic E-state index is -3.17. The van der Waals surface area contributed by atoms with Crippen LogP contribution in [0.1, 0.15) is 0 Å². The number of pyridine rings is 1. The highest BCUT2D eigenvalue weighted by molar-refractivity contribution is 7.88. The number of nitrogens with zero attached hydrogens (tertiary/aromatic N) is 3. The highest BCUT2D eigenvalue weighted by Gasteiger charge is 2.37. The molecule has 0 atom stereocenters. The minimum absolute atomic E-state index is 0.0359. The Labute approximate surface area is 151 Å². The number of rotatable bonds is 3. The molecule has 6 nitrogen and oxygen atoms in total. The van der Waals surface area contributed by atoms with Gasteiger partial charge in [0.1, 0.15) is 17.0 Å². The maximum atomic E-state index is 13.5. The van der Waals surface area contributed by atoms with Crippen molar-refractivity contribution in [3.8, 4) is 11.3 Å². The molecule has 0 saturated carbocycles. The largest absolute Gasteiger partial charge is 0.384 e. The number of aromatic nitrogens is 1. The van der Waals surface area contributed by atoms with Gasteiger partial charge in [0.05, 0.1) is 18.0 Å². The monoisotopic (exact) mass is 374 g/mol. The van der Waals surface area contributed by atoms with E-state index in [2.05, 4.69) is 4.98 Å². The number of nitrogens with two attached hydrogens (primary N) is 1. The number of fused-ring (bicyclic) bond motifs is 1. The lowest BCUT2D eigenvalue weighted by atomic mass is 10.1. The van der Waals surface area contributed by atoms with Crippen molar-refractivity contribution < 1.29 is 12.8 Å². The Balaban J connectivity index is 1.69. The van der Waals surface area contributed by atoms with Crippen molar-refractivity contribution in [2.45, 2.75) is 6.04 Å². The molecule has 1 saturated heterocycles.